The van der Waals surface area contributed by atoms with Crippen LogP contribution in [0.2, 0.25) is 0 Å². The molecular formula is C21H29NO4. The molecule has 0 aliphatic heterocycles. The van der Waals surface area contributed by atoms with Crippen LogP contribution >= 0.6 is 0 Å². The number of carbonyl (C=O) groups excluding carboxylic acids is 1. The molecule has 2 aromatic carbocycles. The highest BCUT2D eigenvalue weighted by Crippen LogP contribution is 2.46. The lowest BCUT2D eigenvalue weighted by Gasteiger charge is -2.21. The van der Waals surface area contributed by atoms with Crippen molar-refractivity contribution in [3.05, 3.63) is 29.8 Å². The lowest BCUT2D eigenvalue weighted by molar-refractivity contribution is 0.170. The molecule has 2 aromatic rings. The molecular weight excluding hydrogens is 330 g/mol. The van der Waals surface area contributed by atoms with Crippen LogP contribution < -0.4 is 14.2 Å². The zero-order chi connectivity index (χ0) is 19.1. The smallest absolute Gasteiger partial charge is 0.414 e. The highest BCUT2D eigenvalue weighted by Gasteiger charge is 2.24. The van der Waals surface area contributed by atoms with Crippen molar-refractivity contribution in [2.24, 2.45) is 0 Å². The van der Waals surface area contributed by atoms with E-state index in [-0.39, 0.29) is 0 Å². The van der Waals surface area contributed by atoms with Gasteiger partial charge in [0.05, 0.1) is 14.2 Å². The van der Waals surface area contributed by atoms with Crippen LogP contribution in [0.25, 0.3) is 10.8 Å². The van der Waals surface area contributed by atoms with Crippen LogP contribution in [0.5, 0.6) is 17.2 Å². The fraction of sp³-hybridized carbons (Fsp3) is 0.476. The number of amides is 1. The Kier molecular flexibility index (Phi) is 7.13. The standard InChI is InChI=1S/C21H29NO4/c1-6-7-8-9-14-17-18(24-4)15-12-10-11-13-16(15)20(19(17)25-5)26-21(23)22(2)3/h10-13H,6-9,14H2,1-5H3. The molecule has 5 heteroatoms. The summed E-state index contributed by atoms with van der Waals surface area (Å²) in [7, 11) is 6.59. The Morgan fingerprint density at radius 1 is 0.923 bits per heavy atom. The average Bonchev–Trinajstić information content (AvgIpc) is 2.65. The molecule has 26 heavy (non-hydrogen) atoms. The van der Waals surface area contributed by atoms with Gasteiger partial charge in [0, 0.05) is 30.4 Å². The second kappa shape index (κ2) is 9.32. The number of rotatable bonds is 8. The molecule has 0 saturated heterocycles. The van der Waals surface area contributed by atoms with Crippen LogP contribution in [0.15, 0.2) is 24.3 Å². The second-order valence-corrected chi connectivity index (χ2v) is 6.49. The first-order chi connectivity index (χ1) is 12.5. The topological polar surface area (TPSA) is 48.0 Å². The van der Waals surface area contributed by atoms with Crippen molar-refractivity contribution < 1.29 is 19.0 Å². The number of hydrogen-bond acceptors (Lipinski definition) is 4. The monoisotopic (exact) mass is 359 g/mol. The zero-order valence-electron chi connectivity index (χ0n) is 16.4. The van der Waals surface area contributed by atoms with E-state index in [2.05, 4.69) is 6.92 Å². The Morgan fingerprint density at radius 2 is 1.54 bits per heavy atom. The highest BCUT2D eigenvalue weighted by atomic mass is 16.6. The summed E-state index contributed by atoms with van der Waals surface area (Å²) in [5.74, 6) is 1.82. The Labute approximate surface area is 155 Å². The minimum atomic E-state index is -0.435. The third-order valence-electron chi connectivity index (χ3n) is 4.41. The summed E-state index contributed by atoms with van der Waals surface area (Å²) in [4.78, 5) is 13.6. The minimum Gasteiger partial charge on any atom is -0.496 e. The number of unbranched alkanes of at least 4 members (excludes halogenated alkanes) is 3. The molecule has 1 amide bonds. The normalized spacial score (nSPS) is 10.7. The third kappa shape index (κ3) is 4.21. The molecule has 0 heterocycles. The molecule has 0 spiro atoms. The quantitative estimate of drug-likeness (QED) is 0.620. The van der Waals surface area contributed by atoms with E-state index in [0.717, 1.165) is 41.3 Å². The first-order valence-corrected chi connectivity index (χ1v) is 9.09. The summed E-state index contributed by atoms with van der Waals surface area (Å²) < 4.78 is 17.1. The zero-order valence-corrected chi connectivity index (χ0v) is 16.4. The first-order valence-electron chi connectivity index (χ1n) is 9.09. The number of nitrogens with zero attached hydrogens (tertiary/aromatic N) is 1. The summed E-state index contributed by atoms with van der Waals surface area (Å²) in [6.45, 7) is 2.19. The van der Waals surface area contributed by atoms with Gasteiger partial charge in [-0.2, -0.15) is 0 Å². The predicted molar refractivity (Wildman–Crippen MR) is 105 cm³/mol. The maximum Gasteiger partial charge on any atom is 0.414 e. The van der Waals surface area contributed by atoms with Crippen molar-refractivity contribution >= 4 is 16.9 Å². The minimum absolute atomic E-state index is 0.435. The molecule has 0 aliphatic rings. The molecule has 2 rings (SSSR count). The highest BCUT2D eigenvalue weighted by molar-refractivity contribution is 5.98. The van der Waals surface area contributed by atoms with E-state index in [9.17, 15) is 4.79 Å². The van der Waals surface area contributed by atoms with Gasteiger partial charge in [-0.15, -0.1) is 0 Å². The van der Waals surface area contributed by atoms with Gasteiger partial charge in [-0.3, -0.25) is 0 Å². The van der Waals surface area contributed by atoms with Crippen LogP contribution in [0.1, 0.15) is 38.2 Å². The second-order valence-electron chi connectivity index (χ2n) is 6.49. The average molecular weight is 359 g/mol. The predicted octanol–water partition coefficient (Wildman–Crippen LogP) is 5.04. The van der Waals surface area contributed by atoms with Gasteiger partial charge in [-0.25, -0.2) is 4.79 Å². The largest absolute Gasteiger partial charge is 0.496 e. The molecule has 0 N–H and O–H groups in total. The van der Waals surface area contributed by atoms with Gasteiger partial charge >= 0.3 is 6.09 Å². The molecule has 142 valence electrons. The van der Waals surface area contributed by atoms with Gasteiger partial charge in [0.15, 0.2) is 11.5 Å². The summed E-state index contributed by atoms with van der Waals surface area (Å²) in [5, 5.41) is 1.72. The van der Waals surface area contributed by atoms with Gasteiger partial charge in [-0.05, 0) is 12.8 Å². The molecule has 0 aromatic heterocycles. The van der Waals surface area contributed by atoms with Crippen LogP contribution in [0.3, 0.4) is 0 Å². The van der Waals surface area contributed by atoms with Crippen molar-refractivity contribution in [3.8, 4) is 17.2 Å². The lowest BCUT2D eigenvalue weighted by atomic mass is 9.98. The Bertz CT molecular complexity index is 755. The van der Waals surface area contributed by atoms with Crippen molar-refractivity contribution in [3.63, 3.8) is 0 Å². The maximum absolute atomic E-state index is 12.2. The van der Waals surface area contributed by atoms with E-state index < -0.39 is 6.09 Å². The third-order valence-corrected chi connectivity index (χ3v) is 4.41. The summed E-state index contributed by atoms with van der Waals surface area (Å²) in [6.07, 6.45) is 4.92. The SMILES string of the molecule is CCCCCCc1c(OC)c(OC(=O)N(C)C)c2ccccc2c1OC. The van der Waals surface area contributed by atoms with E-state index in [0.29, 0.717) is 11.5 Å². The fourth-order valence-corrected chi connectivity index (χ4v) is 3.09. The number of benzene rings is 2. The lowest BCUT2D eigenvalue weighted by Crippen LogP contribution is -2.25. The first kappa shape index (κ1) is 19.9. The maximum atomic E-state index is 12.2. The molecule has 0 saturated carbocycles. The van der Waals surface area contributed by atoms with E-state index in [1.165, 1.54) is 17.7 Å². The molecule has 0 unspecified atom stereocenters. The van der Waals surface area contributed by atoms with E-state index in [1.54, 1.807) is 28.3 Å². The van der Waals surface area contributed by atoms with E-state index in [1.807, 2.05) is 24.3 Å². The fourth-order valence-electron chi connectivity index (χ4n) is 3.09. The van der Waals surface area contributed by atoms with Crippen molar-refractivity contribution in [1.29, 1.82) is 0 Å². The molecule has 0 atom stereocenters. The summed E-state index contributed by atoms with van der Waals surface area (Å²) in [5.41, 5.74) is 0.950. The molecule has 5 nitrogen and oxygen atoms in total. The Morgan fingerprint density at radius 3 is 2.08 bits per heavy atom. The number of hydrogen-bond donors (Lipinski definition) is 0. The van der Waals surface area contributed by atoms with E-state index >= 15 is 0 Å². The summed E-state index contributed by atoms with van der Waals surface area (Å²) >= 11 is 0. The molecule has 0 fully saturated rings. The number of carbonyl (C=O) groups is 1. The van der Waals surface area contributed by atoms with Gasteiger partial charge in [-0.1, -0.05) is 50.5 Å². The van der Waals surface area contributed by atoms with Gasteiger partial charge in [0.25, 0.3) is 0 Å². The van der Waals surface area contributed by atoms with Crippen molar-refractivity contribution in [2.75, 3.05) is 28.3 Å². The van der Waals surface area contributed by atoms with E-state index in [4.69, 9.17) is 14.2 Å². The molecule has 0 bridgehead atoms. The van der Waals surface area contributed by atoms with Crippen LogP contribution in [0.4, 0.5) is 4.79 Å². The summed E-state index contributed by atoms with van der Waals surface area (Å²) in [6, 6.07) is 7.76. The number of methoxy groups -OCH3 is 2. The molecule has 0 aliphatic carbocycles. The van der Waals surface area contributed by atoms with Crippen molar-refractivity contribution in [1.82, 2.24) is 4.90 Å². The Hall–Kier alpha value is -2.43. The van der Waals surface area contributed by atoms with Gasteiger partial charge in [0.1, 0.15) is 5.75 Å². The van der Waals surface area contributed by atoms with Crippen LogP contribution in [-0.2, 0) is 6.42 Å². The van der Waals surface area contributed by atoms with Crippen molar-refractivity contribution in [2.45, 2.75) is 39.0 Å². The number of fused-ring (bicyclic) bond motifs is 1. The van der Waals surface area contributed by atoms with Gasteiger partial charge in [0.2, 0.25) is 0 Å². The molecule has 0 radical (unpaired) electrons. The Balaban J connectivity index is 2.61. The van der Waals surface area contributed by atoms with Crippen LogP contribution in [0, 0.1) is 0 Å². The van der Waals surface area contributed by atoms with Crippen LogP contribution in [-0.4, -0.2) is 39.3 Å². The number of ether oxygens (including phenoxy) is 3. The van der Waals surface area contributed by atoms with Gasteiger partial charge < -0.3 is 19.1 Å².